The summed E-state index contributed by atoms with van der Waals surface area (Å²) in [7, 11) is 0. The zero-order valence-electron chi connectivity index (χ0n) is 12.3. The molecule has 3 heterocycles. The number of pyridine rings is 2. The fraction of sp³-hybridized carbons (Fsp3) is 0.312. The average molecular weight is 314 g/mol. The number of anilines is 2. The normalized spacial score (nSPS) is 14.8. The van der Waals surface area contributed by atoms with E-state index in [2.05, 4.69) is 25.8 Å². The number of nitrogens with zero attached hydrogens (tertiary/aromatic N) is 5. The highest BCUT2D eigenvalue weighted by molar-refractivity contribution is 6.32. The standard InChI is InChI=1S/C16H16ClN5/c1-12-4-5-15(20-14(12)11-18)21-7-9-22(10-8-21)16-13(17)3-2-6-19-16/h2-6H,7-10H2,1H3. The molecule has 0 saturated carbocycles. The lowest BCUT2D eigenvalue weighted by molar-refractivity contribution is 0.641. The molecule has 0 aliphatic carbocycles. The molecule has 0 amide bonds. The van der Waals surface area contributed by atoms with Crippen LogP contribution in [0.5, 0.6) is 0 Å². The Labute approximate surface area is 134 Å². The average Bonchev–Trinajstić information content (AvgIpc) is 2.56. The number of hydrogen-bond acceptors (Lipinski definition) is 5. The first-order chi connectivity index (χ1) is 10.7. The number of hydrogen-bond donors (Lipinski definition) is 0. The topological polar surface area (TPSA) is 56.1 Å². The van der Waals surface area contributed by atoms with E-state index in [1.165, 1.54) is 0 Å². The highest BCUT2D eigenvalue weighted by Gasteiger charge is 2.21. The van der Waals surface area contributed by atoms with Crippen molar-refractivity contribution in [2.75, 3.05) is 36.0 Å². The van der Waals surface area contributed by atoms with Crippen molar-refractivity contribution in [3.8, 4) is 6.07 Å². The predicted molar refractivity (Wildman–Crippen MR) is 87.4 cm³/mol. The smallest absolute Gasteiger partial charge is 0.147 e. The first-order valence-electron chi connectivity index (χ1n) is 7.17. The summed E-state index contributed by atoms with van der Waals surface area (Å²) in [6.45, 7) is 5.21. The Bertz CT molecular complexity index is 717. The van der Waals surface area contributed by atoms with Crippen molar-refractivity contribution in [1.29, 1.82) is 5.26 Å². The number of aromatic nitrogens is 2. The van der Waals surface area contributed by atoms with Gasteiger partial charge in [-0.1, -0.05) is 17.7 Å². The molecule has 0 bridgehead atoms. The van der Waals surface area contributed by atoms with Gasteiger partial charge in [-0.3, -0.25) is 0 Å². The minimum Gasteiger partial charge on any atom is -0.353 e. The van der Waals surface area contributed by atoms with Crippen LogP contribution in [0.15, 0.2) is 30.5 Å². The molecule has 2 aromatic heterocycles. The Morgan fingerprint density at radius 2 is 1.86 bits per heavy atom. The Morgan fingerprint density at radius 1 is 1.14 bits per heavy atom. The van der Waals surface area contributed by atoms with Crippen molar-refractivity contribution >= 4 is 23.2 Å². The molecule has 5 nitrogen and oxygen atoms in total. The van der Waals surface area contributed by atoms with Gasteiger partial charge in [0.2, 0.25) is 0 Å². The lowest BCUT2D eigenvalue weighted by atomic mass is 10.2. The molecular weight excluding hydrogens is 298 g/mol. The molecule has 3 rings (SSSR count). The molecule has 1 aliphatic rings. The summed E-state index contributed by atoms with van der Waals surface area (Å²) in [5.41, 5.74) is 1.40. The molecule has 0 aromatic carbocycles. The van der Waals surface area contributed by atoms with Crippen molar-refractivity contribution in [1.82, 2.24) is 9.97 Å². The number of nitriles is 1. The summed E-state index contributed by atoms with van der Waals surface area (Å²) in [4.78, 5) is 13.2. The van der Waals surface area contributed by atoms with Crippen LogP contribution in [0.4, 0.5) is 11.6 Å². The number of rotatable bonds is 2. The Balaban J connectivity index is 1.72. The number of halogens is 1. The van der Waals surface area contributed by atoms with Crippen molar-refractivity contribution in [3.05, 3.63) is 46.7 Å². The molecule has 2 aromatic rings. The second-order valence-corrected chi connectivity index (χ2v) is 5.64. The molecule has 1 saturated heterocycles. The molecular formula is C16H16ClN5. The van der Waals surface area contributed by atoms with E-state index in [1.807, 2.05) is 31.2 Å². The van der Waals surface area contributed by atoms with Gasteiger partial charge >= 0.3 is 0 Å². The van der Waals surface area contributed by atoms with E-state index in [0.717, 1.165) is 43.4 Å². The second-order valence-electron chi connectivity index (χ2n) is 5.23. The van der Waals surface area contributed by atoms with Crippen molar-refractivity contribution in [2.24, 2.45) is 0 Å². The molecule has 0 atom stereocenters. The zero-order valence-corrected chi connectivity index (χ0v) is 13.1. The van der Waals surface area contributed by atoms with Crippen LogP contribution in [0.25, 0.3) is 0 Å². The number of piperazine rings is 1. The molecule has 112 valence electrons. The SMILES string of the molecule is Cc1ccc(N2CCN(c3ncccc3Cl)CC2)nc1C#N. The highest BCUT2D eigenvalue weighted by Crippen LogP contribution is 2.24. The summed E-state index contributed by atoms with van der Waals surface area (Å²) >= 11 is 6.20. The summed E-state index contributed by atoms with van der Waals surface area (Å²) < 4.78 is 0. The van der Waals surface area contributed by atoms with Gasteiger partial charge in [0.25, 0.3) is 0 Å². The molecule has 0 radical (unpaired) electrons. The van der Waals surface area contributed by atoms with Crippen LogP contribution in [-0.2, 0) is 0 Å². The van der Waals surface area contributed by atoms with Crippen LogP contribution in [-0.4, -0.2) is 36.1 Å². The third-order valence-corrected chi connectivity index (χ3v) is 4.13. The lowest BCUT2D eigenvalue weighted by Crippen LogP contribution is -2.47. The minimum absolute atomic E-state index is 0.493. The third-order valence-electron chi connectivity index (χ3n) is 3.83. The van der Waals surface area contributed by atoms with Crippen molar-refractivity contribution in [3.63, 3.8) is 0 Å². The van der Waals surface area contributed by atoms with Gasteiger partial charge < -0.3 is 9.80 Å². The van der Waals surface area contributed by atoms with E-state index < -0.39 is 0 Å². The van der Waals surface area contributed by atoms with Gasteiger partial charge in [0.05, 0.1) is 5.02 Å². The Kier molecular flexibility index (Phi) is 4.12. The van der Waals surface area contributed by atoms with Gasteiger partial charge in [0, 0.05) is 32.4 Å². The van der Waals surface area contributed by atoms with E-state index >= 15 is 0 Å². The van der Waals surface area contributed by atoms with Gasteiger partial charge in [0.1, 0.15) is 23.4 Å². The zero-order chi connectivity index (χ0) is 15.5. The Hall–Kier alpha value is -2.32. The van der Waals surface area contributed by atoms with Gasteiger partial charge in [-0.2, -0.15) is 5.26 Å². The van der Waals surface area contributed by atoms with Gasteiger partial charge in [-0.15, -0.1) is 0 Å². The van der Waals surface area contributed by atoms with Crippen LogP contribution in [0.2, 0.25) is 5.02 Å². The molecule has 1 fully saturated rings. The fourth-order valence-electron chi connectivity index (χ4n) is 2.57. The highest BCUT2D eigenvalue weighted by atomic mass is 35.5. The summed E-state index contributed by atoms with van der Waals surface area (Å²) in [5.74, 6) is 1.69. The predicted octanol–water partition coefficient (Wildman–Crippen LogP) is 2.64. The van der Waals surface area contributed by atoms with Crippen molar-refractivity contribution in [2.45, 2.75) is 6.92 Å². The minimum atomic E-state index is 0.493. The Morgan fingerprint density at radius 3 is 2.55 bits per heavy atom. The maximum Gasteiger partial charge on any atom is 0.147 e. The van der Waals surface area contributed by atoms with Gasteiger partial charge in [-0.25, -0.2) is 9.97 Å². The summed E-state index contributed by atoms with van der Waals surface area (Å²) in [5, 5.41) is 9.78. The maximum atomic E-state index is 9.10. The quantitative estimate of drug-likeness (QED) is 0.853. The molecule has 0 unspecified atom stereocenters. The number of aryl methyl sites for hydroxylation is 1. The third kappa shape index (κ3) is 2.83. The van der Waals surface area contributed by atoms with Crippen LogP contribution in [0, 0.1) is 18.3 Å². The van der Waals surface area contributed by atoms with E-state index in [0.29, 0.717) is 10.7 Å². The second kappa shape index (κ2) is 6.20. The summed E-state index contributed by atoms with van der Waals surface area (Å²) in [6, 6.07) is 9.75. The van der Waals surface area contributed by atoms with Gasteiger partial charge in [0.15, 0.2) is 0 Å². The van der Waals surface area contributed by atoms with Gasteiger partial charge in [-0.05, 0) is 30.7 Å². The fourth-order valence-corrected chi connectivity index (χ4v) is 2.81. The van der Waals surface area contributed by atoms with E-state index in [1.54, 1.807) is 6.20 Å². The van der Waals surface area contributed by atoms with Crippen LogP contribution < -0.4 is 9.80 Å². The van der Waals surface area contributed by atoms with E-state index in [-0.39, 0.29) is 0 Å². The summed E-state index contributed by atoms with van der Waals surface area (Å²) in [6.07, 6.45) is 1.76. The van der Waals surface area contributed by atoms with Crippen molar-refractivity contribution < 1.29 is 0 Å². The van der Waals surface area contributed by atoms with Crippen LogP contribution >= 0.6 is 11.6 Å². The maximum absolute atomic E-state index is 9.10. The van der Waals surface area contributed by atoms with E-state index in [9.17, 15) is 0 Å². The monoisotopic (exact) mass is 313 g/mol. The van der Waals surface area contributed by atoms with E-state index in [4.69, 9.17) is 16.9 Å². The largest absolute Gasteiger partial charge is 0.353 e. The lowest BCUT2D eigenvalue weighted by Gasteiger charge is -2.36. The molecule has 1 aliphatic heterocycles. The van der Waals surface area contributed by atoms with Crippen LogP contribution in [0.3, 0.4) is 0 Å². The van der Waals surface area contributed by atoms with Crippen LogP contribution in [0.1, 0.15) is 11.3 Å². The molecule has 0 spiro atoms. The first kappa shape index (κ1) is 14.6. The molecule has 0 N–H and O–H groups in total. The first-order valence-corrected chi connectivity index (χ1v) is 7.55. The molecule has 22 heavy (non-hydrogen) atoms. The molecule has 6 heteroatoms.